The van der Waals surface area contributed by atoms with Gasteiger partial charge in [0.25, 0.3) is 5.91 Å². The first kappa shape index (κ1) is 15.9. The molecule has 1 saturated heterocycles. The summed E-state index contributed by atoms with van der Waals surface area (Å²) < 4.78 is 7.68. The van der Waals surface area contributed by atoms with Crippen molar-refractivity contribution < 1.29 is 14.3 Å². The Morgan fingerprint density at radius 3 is 2.84 bits per heavy atom. The second-order valence-electron chi connectivity index (χ2n) is 6.68. The summed E-state index contributed by atoms with van der Waals surface area (Å²) in [6.07, 6.45) is 5.27. The highest BCUT2D eigenvalue weighted by Crippen LogP contribution is 2.28. The molecule has 0 N–H and O–H groups in total. The van der Waals surface area contributed by atoms with Gasteiger partial charge in [0.15, 0.2) is 17.7 Å². The minimum absolute atomic E-state index is 0.0567. The predicted octanol–water partition coefficient (Wildman–Crippen LogP) is 2.51. The zero-order valence-corrected chi connectivity index (χ0v) is 14.3. The SMILES string of the molecule is Cn1ccc(N2CCCC(Oc3ccc4c(c3)CCCC4=O)C2=O)n1. The fourth-order valence-corrected chi connectivity index (χ4v) is 3.59. The number of aryl methyl sites for hydroxylation is 2. The van der Waals surface area contributed by atoms with E-state index in [-0.39, 0.29) is 11.7 Å². The van der Waals surface area contributed by atoms with Crippen LogP contribution in [0.25, 0.3) is 0 Å². The van der Waals surface area contributed by atoms with Crippen molar-refractivity contribution in [3.63, 3.8) is 0 Å². The minimum atomic E-state index is -0.506. The largest absolute Gasteiger partial charge is 0.481 e. The summed E-state index contributed by atoms with van der Waals surface area (Å²) in [6, 6.07) is 7.38. The van der Waals surface area contributed by atoms with E-state index in [0.29, 0.717) is 31.0 Å². The number of fused-ring (bicyclic) bond motifs is 1. The van der Waals surface area contributed by atoms with E-state index in [4.69, 9.17) is 4.74 Å². The molecule has 0 bridgehead atoms. The van der Waals surface area contributed by atoms with Gasteiger partial charge in [-0.05, 0) is 49.4 Å². The Bertz CT molecular complexity index is 827. The predicted molar refractivity (Wildman–Crippen MR) is 92.9 cm³/mol. The lowest BCUT2D eigenvalue weighted by Crippen LogP contribution is -2.47. The molecular weight excluding hydrogens is 318 g/mol. The number of carbonyl (C=O) groups is 2. The molecule has 2 aliphatic rings. The van der Waals surface area contributed by atoms with E-state index in [1.807, 2.05) is 31.4 Å². The Balaban J connectivity index is 1.52. The third-order valence-electron chi connectivity index (χ3n) is 4.87. The van der Waals surface area contributed by atoms with Crippen LogP contribution in [0.15, 0.2) is 30.5 Å². The Kier molecular flexibility index (Phi) is 4.03. The highest BCUT2D eigenvalue weighted by molar-refractivity contribution is 5.99. The number of Topliss-reactive ketones (excluding diaryl/α,β-unsaturated/α-hetero) is 1. The Morgan fingerprint density at radius 1 is 1.16 bits per heavy atom. The monoisotopic (exact) mass is 339 g/mol. The molecule has 2 aromatic rings. The molecule has 1 atom stereocenters. The van der Waals surface area contributed by atoms with Gasteiger partial charge in [0.05, 0.1) is 0 Å². The number of nitrogens with zero attached hydrogens (tertiary/aromatic N) is 3. The first-order valence-corrected chi connectivity index (χ1v) is 8.75. The molecule has 0 radical (unpaired) electrons. The quantitative estimate of drug-likeness (QED) is 0.862. The van der Waals surface area contributed by atoms with Crippen LogP contribution in [0.1, 0.15) is 41.6 Å². The van der Waals surface area contributed by atoms with Gasteiger partial charge >= 0.3 is 0 Å². The summed E-state index contributed by atoms with van der Waals surface area (Å²) >= 11 is 0. The van der Waals surface area contributed by atoms with Crippen molar-refractivity contribution in [3.8, 4) is 5.75 Å². The van der Waals surface area contributed by atoms with Crippen LogP contribution < -0.4 is 9.64 Å². The number of aromatic nitrogens is 2. The van der Waals surface area contributed by atoms with Gasteiger partial charge in [-0.25, -0.2) is 0 Å². The molecule has 25 heavy (non-hydrogen) atoms. The molecular formula is C19H21N3O3. The molecule has 6 nitrogen and oxygen atoms in total. The zero-order valence-electron chi connectivity index (χ0n) is 14.3. The number of rotatable bonds is 3. The lowest BCUT2D eigenvalue weighted by Gasteiger charge is -2.31. The van der Waals surface area contributed by atoms with Crippen LogP contribution in [0.2, 0.25) is 0 Å². The Morgan fingerprint density at radius 2 is 2.04 bits per heavy atom. The maximum atomic E-state index is 12.8. The van der Waals surface area contributed by atoms with Gasteiger partial charge in [-0.15, -0.1) is 0 Å². The fraction of sp³-hybridized carbons (Fsp3) is 0.421. The molecule has 6 heteroatoms. The number of benzene rings is 1. The van der Waals surface area contributed by atoms with E-state index >= 15 is 0 Å². The first-order valence-electron chi connectivity index (χ1n) is 8.75. The first-order chi connectivity index (χ1) is 12.1. The maximum absolute atomic E-state index is 12.8. The smallest absolute Gasteiger partial charge is 0.269 e. The van der Waals surface area contributed by atoms with Gasteiger partial charge in [-0.2, -0.15) is 5.10 Å². The summed E-state index contributed by atoms with van der Waals surface area (Å²) in [4.78, 5) is 26.4. The third-order valence-corrected chi connectivity index (χ3v) is 4.87. The maximum Gasteiger partial charge on any atom is 0.269 e. The summed E-state index contributed by atoms with van der Waals surface area (Å²) in [5.74, 6) is 1.47. The molecule has 1 aliphatic carbocycles. The number of hydrogen-bond acceptors (Lipinski definition) is 4. The van der Waals surface area contributed by atoms with E-state index in [9.17, 15) is 9.59 Å². The van der Waals surface area contributed by atoms with Crippen LogP contribution in [0.4, 0.5) is 5.82 Å². The molecule has 130 valence electrons. The summed E-state index contributed by atoms with van der Waals surface area (Å²) in [6.45, 7) is 0.661. The van der Waals surface area contributed by atoms with Crippen LogP contribution in [-0.4, -0.2) is 34.1 Å². The topological polar surface area (TPSA) is 64.4 Å². The van der Waals surface area contributed by atoms with Gasteiger partial charge in [-0.1, -0.05) is 0 Å². The van der Waals surface area contributed by atoms with Crippen molar-refractivity contribution in [3.05, 3.63) is 41.6 Å². The van der Waals surface area contributed by atoms with Gasteiger partial charge in [0, 0.05) is 37.8 Å². The minimum Gasteiger partial charge on any atom is -0.481 e. The lowest BCUT2D eigenvalue weighted by molar-refractivity contribution is -0.127. The fourth-order valence-electron chi connectivity index (χ4n) is 3.59. The number of hydrogen-bond donors (Lipinski definition) is 0. The molecule has 1 unspecified atom stereocenters. The standard InChI is InChI=1S/C19H21N3O3/c1-21-11-9-18(20-21)22-10-3-6-17(19(22)24)25-14-7-8-15-13(12-14)4-2-5-16(15)23/h7-9,11-12,17H,2-6,10H2,1H3. The van der Waals surface area contributed by atoms with E-state index < -0.39 is 6.10 Å². The van der Waals surface area contributed by atoms with Crippen molar-refractivity contribution in [2.24, 2.45) is 7.05 Å². The molecule has 1 amide bonds. The van der Waals surface area contributed by atoms with Gasteiger partial charge in [0.2, 0.25) is 0 Å². The van der Waals surface area contributed by atoms with E-state index in [1.165, 1.54) is 0 Å². The van der Waals surface area contributed by atoms with Crippen LogP contribution in [0.5, 0.6) is 5.75 Å². The lowest BCUT2D eigenvalue weighted by atomic mass is 9.90. The second-order valence-corrected chi connectivity index (χ2v) is 6.68. The molecule has 1 aliphatic heterocycles. The second kappa shape index (κ2) is 6.35. The normalized spacial score (nSPS) is 20.5. The van der Waals surface area contributed by atoms with Crippen LogP contribution >= 0.6 is 0 Å². The number of carbonyl (C=O) groups excluding carboxylic acids is 2. The summed E-state index contributed by atoms with van der Waals surface area (Å²) in [7, 11) is 1.83. The number of amides is 1. The van der Waals surface area contributed by atoms with Crippen LogP contribution in [0.3, 0.4) is 0 Å². The van der Waals surface area contributed by atoms with E-state index in [1.54, 1.807) is 15.6 Å². The van der Waals surface area contributed by atoms with E-state index in [0.717, 1.165) is 30.4 Å². The number of ether oxygens (including phenoxy) is 1. The summed E-state index contributed by atoms with van der Waals surface area (Å²) in [5, 5.41) is 4.32. The van der Waals surface area contributed by atoms with Crippen molar-refractivity contribution in [1.29, 1.82) is 0 Å². The molecule has 0 spiro atoms. The van der Waals surface area contributed by atoms with Crippen LogP contribution in [0, 0.1) is 0 Å². The van der Waals surface area contributed by atoms with Gasteiger partial charge in [-0.3, -0.25) is 19.2 Å². The summed E-state index contributed by atoms with van der Waals surface area (Å²) in [5.41, 5.74) is 1.82. The third kappa shape index (κ3) is 3.04. The van der Waals surface area contributed by atoms with Gasteiger partial charge in [0.1, 0.15) is 5.75 Å². The highest BCUT2D eigenvalue weighted by atomic mass is 16.5. The molecule has 1 aromatic heterocycles. The van der Waals surface area contributed by atoms with Crippen LogP contribution in [-0.2, 0) is 18.3 Å². The Labute approximate surface area is 146 Å². The van der Waals surface area contributed by atoms with Gasteiger partial charge < -0.3 is 4.74 Å². The molecule has 0 saturated carbocycles. The van der Waals surface area contributed by atoms with E-state index in [2.05, 4.69) is 5.10 Å². The molecule has 2 heterocycles. The highest BCUT2D eigenvalue weighted by Gasteiger charge is 2.32. The molecule has 1 fully saturated rings. The average molecular weight is 339 g/mol. The van der Waals surface area contributed by atoms with Crippen molar-refractivity contribution in [1.82, 2.24) is 9.78 Å². The molecule has 4 rings (SSSR count). The number of ketones is 1. The average Bonchev–Trinajstić information content (AvgIpc) is 3.03. The number of anilines is 1. The number of piperidine rings is 1. The van der Waals surface area contributed by atoms with Crippen molar-refractivity contribution in [2.45, 2.75) is 38.2 Å². The van der Waals surface area contributed by atoms with Crippen molar-refractivity contribution >= 4 is 17.5 Å². The molecule has 1 aromatic carbocycles. The van der Waals surface area contributed by atoms with Crippen molar-refractivity contribution in [2.75, 3.05) is 11.4 Å². The Hall–Kier alpha value is -2.63. The zero-order chi connectivity index (χ0) is 17.4.